The summed E-state index contributed by atoms with van der Waals surface area (Å²) in [4.78, 5) is 40.7. The Kier molecular flexibility index (Phi) is 9.00. The summed E-state index contributed by atoms with van der Waals surface area (Å²) in [6.07, 6.45) is 4.57. The molecule has 0 saturated carbocycles. The summed E-state index contributed by atoms with van der Waals surface area (Å²) in [5, 5.41) is 14.7. The fourth-order valence-electron chi connectivity index (χ4n) is 5.79. The van der Waals surface area contributed by atoms with Crippen LogP contribution in [0.15, 0.2) is 84.6 Å². The largest absolute Gasteiger partial charge is 0.550 e. The van der Waals surface area contributed by atoms with Crippen molar-refractivity contribution < 1.29 is 28.6 Å². The van der Waals surface area contributed by atoms with Gasteiger partial charge in [0.25, 0.3) is 0 Å². The van der Waals surface area contributed by atoms with Gasteiger partial charge in [-0.15, -0.1) is 0 Å². The first-order valence-corrected chi connectivity index (χ1v) is 14.5. The molecule has 218 valence electrons. The second-order valence-corrected chi connectivity index (χ2v) is 10.8. The molecule has 1 aliphatic heterocycles. The summed E-state index contributed by atoms with van der Waals surface area (Å²) in [7, 11) is 0. The molecule has 42 heavy (non-hydrogen) atoms. The number of fused-ring (bicyclic) bond motifs is 2. The van der Waals surface area contributed by atoms with Crippen molar-refractivity contribution in [3.8, 4) is 5.75 Å². The number of aliphatic carboxylic acids is 1. The lowest BCUT2D eigenvalue weighted by Gasteiger charge is -2.37. The summed E-state index contributed by atoms with van der Waals surface area (Å²) in [6, 6.07) is 20.1. The van der Waals surface area contributed by atoms with Crippen LogP contribution in [0.1, 0.15) is 68.5 Å². The average molecular weight is 570 g/mol. The Balaban J connectivity index is 1.59. The number of ether oxygens (including phenoxy) is 1. The van der Waals surface area contributed by atoms with Gasteiger partial charge in [0, 0.05) is 30.4 Å². The van der Waals surface area contributed by atoms with Crippen LogP contribution < -0.4 is 20.1 Å². The maximum absolute atomic E-state index is 14.0. The predicted molar refractivity (Wildman–Crippen MR) is 156 cm³/mol. The van der Waals surface area contributed by atoms with Crippen molar-refractivity contribution in [3.05, 3.63) is 102 Å². The summed E-state index contributed by atoms with van der Waals surface area (Å²) in [5.74, 6) is -2.49. The van der Waals surface area contributed by atoms with Gasteiger partial charge >= 0.3 is 0 Å². The van der Waals surface area contributed by atoms with Crippen molar-refractivity contribution in [2.45, 2.75) is 57.4 Å². The van der Waals surface area contributed by atoms with E-state index in [-0.39, 0.29) is 30.4 Å². The molecule has 0 aromatic heterocycles. The van der Waals surface area contributed by atoms with Crippen LogP contribution in [-0.4, -0.2) is 24.3 Å². The molecule has 3 atom stereocenters. The maximum atomic E-state index is 14.0. The van der Waals surface area contributed by atoms with Crippen LogP contribution in [0.3, 0.4) is 0 Å². The van der Waals surface area contributed by atoms with Gasteiger partial charge in [0.1, 0.15) is 17.3 Å². The molecule has 0 fully saturated rings. The molecule has 1 N–H and O–H groups in total. The fraction of sp³-hybridized carbons (Fsp3) is 0.324. The number of carbonyl (C=O) groups excluding carboxylic acids is 3. The summed E-state index contributed by atoms with van der Waals surface area (Å²) >= 11 is 0. The smallest absolute Gasteiger partial charge is 0.228 e. The van der Waals surface area contributed by atoms with Gasteiger partial charge in [-0.05, 0) is 60.4 Å². The van der Waals surface area contributed by atoms with E-state index in [0.29, 0.717) is 29.4 Å². The number of rotatable bonds is 10. The minimum Gasteiger partial charge on any atom is -0.550 e. The van der Waals surface area contributed by atoms with Crippen molar-refractivity contribution in [2.75, 3.05) is 16.8 Å². The highest BCUT2D eigenvalue weighted by atomic mass is 19.1. The lowest BCUT2D eigenvalue weighted by atomic mass is 9.76. The van der Waals surface area contributed by atoms with Crippen LogP contribution >= 0.6 is 0 Å². The third-order valence-electron chi connectivity index (χ3n) is 7.87. The highest BCUT2D eigenvalue weighted by Gasteiger charge is 2.44. The Labute approximate surface area is 245 Å². The standard InChI is InChI=1S/C34H35FN2O5/c1-2-3-6-19-42-26-15-11-23(12-16-26)34-33-28(20-24(21-30(33)38)22-9-13-25(35)14-10-22)36-27-7-4-5-8-29(27)37(34)31(39)17-18-32(40)41/h4-5,7-16,20,24,33-34,36H,2-3,6,17-19,21H2,1H3,(H,40,41)/p-1/t24-,33+,34-/m0/s1. The molecule has 3 aromatic rings. The molecule has 0 unspecified atom stereocenters. The number of Topliss-reactive ketones (excluding diaryl/α,β-unsaturated/α-hetero) is 1. The number of anilines is 2. The van der Waals surface area contributed by atoms with E-state index in [1.165, 1.54) is 12.1 Å². The van der Waals surface area contributed by atoms with Gasteiger partial charge < -0.3 is 24.9 Å². The third-order valence-corrected chi connectivity index (χ3v) is 7.87. The van der Waals surface area contributed by atoms with Gasteiger partial charge in [-0.2, -0.15) is 0 Å². The third kappa shape index (κ3) is 6.38. The highest BCUT2D eigenvalue weighted by molar-refractivity contribution is 6.02. The topological polar surface area (TPSA) is 98.8 Å². The van der Waals surface area contributed by atoms with Crippen LogP contribution in [0.25, 0.3) is 0 Å². The van der Waals surface area contributed by atoms with E-state index in [4.69, 9.17) is 4.74 Å². The number of hydrogen-bond acceptors (Lipinski definition) is 6. The number of amides is 1. The first-order chi connectivity index (χ1) is 20.4. The van der Waals surface area contributed by atoms with Gasteiger partial charge in [0.05, 0.1) is 29.9 Å². The molecule has 2 aliphatic rings. The fourth-order valence-corrected chi connectivity index (χ4v) is 5.79. The first-order valence-electron chi connectivity index (χ1n) is 14.5. The van der Waals surface area contributed by atoms with E-state index in [1.54, 1.807) is 29.2 Å². The number of unbranched alkanes of at least 4 members (excludes halogenated alkanes) is 2. The van der Waals surface area contributed by atoms with E-state index in [0.717, 1.165) is 30.4 Å². The van der Waals surface area contributed by atoms with E-state index in [1.807, 2.05) is 42.5 Å². The maximum Gasteiger partial charge on any atom is 0.228 e. The molecule has 1 amide bonds. The number of allylic oxidation sites excluding steroid dienone is 1. The first kappa shape index (κ1) is 29.0. The van der Waals surface area contributed by atoms with Crippen molar-refractivity contribution in [1.82, 2.24) is 0 Å². The summed E-state index contributed by atoms with van der Waals surface area (Å²) < 4.78 is 19.5. The molecule has 0 saturated heterocycles. The molecular weight excluding hydrogens is 535 g/mol. The number of nitrogens with zero attached hydrogens (tertiary/aromatic N) is 1. The van der Waals surface area contributed by atoms with Crippen molar-refractivity contribution in [1.29, 1.82) is 0 Å². The number of carboxylic acids is 1. The van der Waals surface area contributed by atoms with Crippen LogP contribution in [0, 0.1) is 11.7 Å². The molecule has 0 radical (unpaired) electrons. The van der Waals surface area contributed by atoms with Crippen molar-refractivity contribution >= 4 is 29.0 Å². The average Bonchev–Trinajstić information content (AvgIpc) is 3.13. The molecule has 1 heterocycles. The number of para-hydroxylation sites is 2. The minimum atomic E-state index is -1.32. The summed E-state index contributed by atoms with van der Waals surface area (Å²) in [5.41, 5.74) is 3.36. The Morgan fingerprint density at radius 2 is 1.69 bits per heavy atom. The number of halogens is 1. The molecule has 8 heteroatoms. The molecular formula is C34H34FN2O5-. The van der Waals surface area contributed by atoms with Crippen LogP contribution in [0.4, 0.5) is 15.8 Å². The second-order valence-electron chi connectivity index (χ2n) is 10.8. The van der Waals surface area contributed by atoms with Crippen LogP contribution in [0.2, 0.25) is 0 Å². The quantitative estimate of drug-likeness (QED) is 0.316. The lowest BCUT2D eigenvalue weighted by Crippen LogP contribution is -2.43. The van der Waals surface area contributed by atoms with Gasteiger partial charge in [0.2, 0.25) is 5.91 Å². The number of ketones is 1. The Hall–Kier alpha value is -4.46. The molecule has 7 nitrogen and oxygen atoms in total. The zero-order valence-electron chi connectivity index (χ0n) is 23.6. The molecule has 1 aliphatic carbocycles. The molecule has 0 spiro atoms. The Bertz CT molecular complexity index is 1470. The monoisotopic (exact) mass is 569 g/mol. The van der Waals surface area contributed by atoms with Gasteiger partial charge in [-0.25, -0.2) is 4.39 Å². The lowest BCUT2D eigenvalue weighted by molar-refractivity contribution is -0.305. The number of carboxylic acid groups (broad SMARTS) is 1. The summed E-state index contributed by atoms with van der Waals surface area (Å²) in [6.45, 7) is 2.73. The van der Waals surface area contributed by atoms with Crippen LogP contribution in [0.5, 0.6) is 5.75 Å². The van der Waals surface area contributed by atoms with E-state index >= 15 is 0 Å². The Morgan fingerprint density at radius 3 is 2.40 bits per heavy atom. The van der Waals surface area contributed by atoms with E-state index in [2.05, 4.69) is 12.2 Å². The number of carbonyl (C=O) groups is 3. The minimum absolute atomic E-state index is 0.0790. The van der Waals surface area contributed by atoms with Gasteiger partial charge in [-0.1, -0.05) is 62.2 Å². The second kappa shape index (κ2) is 13.0. The predicted octanol–water partition coefficient (Wildman–Crippen LogP) is 5.68. The number of benzene rings is 3. The van der Waals surface area contributed by atoms with Crippen molar-refractivity contribution in [3.63, 3.8) is 0 Å². The molecule has 0 bridgehead atoms. The number of nitrogens with one attached hydrogen (secondary N) is 1. The van der Waals surface area contributed by atoms with Crippen LogP contribution in [-0.2, 0) is 14.4 Å². The SMILES string of the molecule is CCCCCOc1ccc([C@H]2[C@H]3C(=O)C[C@@H](c4ccc(F)cc4)C=C3Nc3ccccc3N2C(=O)CCC(=O)[O-])cc1. The van der Waals surface area contributed by atoms with Gasteiger partial charge in [0.15, 0.2) is 0 Å². The van der Waals surface area contributed by atoms with E-state index < -0.39 is 30.3 Å². The van der Waals surface area contributed by atoms with E-state index in [9.17, 15) is 23.9 Å². The highest BCUT2D eigenvalue weighted by Crippen LogP contribution is 2.48. The normalized spacial score (nSPS) is 19.6. The van der Waals surface area contributed by atoms with Crippen molar-refractivity contribution in [2.24, 2.45) is 5.92 Å². The zero-order valence-corrected chi connectivity index (χ0v) is 23.6. The Morgan fingerprint density at radius 1 is 0.976 bits per heavy atom. The van der Waals surface area contributed by atoms with Gasteiger partial charge in [-0.3, -0.25) is 9.59 Å². The zero-order chi connectivity index (χ0) is 29.6. The molecule has 5 rings (SSSR count). The molecule has 3 aromatic carbocycles. The number of hydrogen-bond donors (Lipinski definition) is 1.